The molecule has 4 aromatic carbocycles. The molecule has 0 aromatic heterocycles. The van der Waals surface area contributed by atoms with Crippen LogP contribution < -0.4 is 10.2 Å². The van der Waals surface area contributed by atoms with Gasteiger partial charge in [0, 0.05) is 0 Å². The van der Waals surface area contributed by atoms with Gasteiger partial charge in [0.1, 0.15) is 11.5 Å². The number of rotatable bonds is 5. The van der Waals surface area contributed by atoms with Crippen LogP contribution in [0.2, 0.25) is 0 Å². The molecule has 0 heterocycles. The molecule has 0 aliphatic carbocycles. The number of benzene rings is 4. The number of para-hydroxylation sites is 1. The zero-order valence-electron chi connectivity index (χ0n) is 16.4. The molecule has 0 aliphatic rings. The number of phenols is 1. The number of phenolic OH excluding ortho intramolecular Hbond substituents is 1. The minimum atomic E-state index is -0.519. The maximum atomic E-state index is 12.6. The smallest absolute Gasteiger partial charge is 0.344 e. The summed E-state index contributed by atoms with van der Waals surface area (Å²) in [6.45, 7) is 0. The molecule has 4 aromatic rings. The fraction of sp³-hybridized carbons (Fsp3) is 0. The highest BCUT2D eigenvalue weighted by Gasteiger charge is 2.12. The van der Waals surface area contributed by atoms with E-state index in [4.69, 9.17) is 4.74 Å². The Morgan fingerprint density at radius 1 is 0.806 bits per heavy atom. The number of nitrogens with zero attached hydrogens (tertiary/aromatic N) is 1. The monoisotopic (exact) mass is 410 g/mol. The van der Waals surface area contributed by atoms with E-state index >= 15 is 0 Å². The van der Waals surface area contributed by atoms with Crippen LogP contribution >= 0.6 is 0 Å². The van der Waals surface area contributed by atoms with Crippen LogP contribution in [0, 0.1) is 0 Å². The summed E-state index contributed by atoms with van der Waals surface area (Å²) in [7, 11) is 0. The van der Waals surface area contributed by atoms with E-state index in [1.807, 2.05) is 36.4 Å². The summed E-state index contributed by atoms with van der Waals surface area (Å²) in [5.74, 6) is -0.677. The second-order valence-corrected chi connectivity index (χ2v) is 6.70. The van der Waals surface area contributed by atoms with Crippen LogP contribution in [0.3, 0.4) is 0 Å². The summed E-state index contributed by atoms with van der Waals surface area (Å²) < 4.78 is 5.50. The molecule has 0 aliphatic heterocycles. The molecule has 0 unspecified atom stereocenters. The minimum Gasteiger partial charge on any atom is -0.507 e. The Kier molecular flexibility index (Phi) is 5.71. The predicted molar refractivity (Wildman–Crippen MR) is 119 cm³/mol. The fourth-order valence-corrected chi connectivity index (χ4v) is 3.08. The quantitative estimate of drug-likeness (QED) is 0.219. The molecule has 0 fully saturated rings. The average Bonchev–Trinajstić information content (AvgIpc) is 2.80. The number of hydrazone groups is 1. The van der Waals surface area contributed by atoms with Gasteiger partial charge in [0.15, 0.2) is 0 Å². The van der Waals surface area contributed by atoms with Crippen molar-refractivity contribution < 1.29 is 19.4 Å². The van der Waals surface area contributed by atoms with Crippen molar-refractivity contribution in [2.75, 3.05) is 0 Å². The first-order chi connectivity index (χ1) is 15.1. The molecule has 1 amide bonds. The summed E-state index contributed by atoms with van der Waals surface area (Å²) in [5.41, 5.74) is 3.69. The lowest BCUT2D eigenvalue weighted by Crippen LogP contribution is -2.17. The van der Waals surface area contributed by atoms with Crippen LogP contribution in [0.25, 0.3) is 10.8 Å². The Labute approximate surface area is 178 Å². The Morgan fingerprint density at radius 2 is 1.48 bits per heavy atom. The normalized spacial score (nSPS) is 10.8. The number of esters is 1. The largest absolute Gasteiger partial charge is 0.507 e. The number of hydrogen-bond donors (Lipinski definition) is 2. The van der Waals surface area contributed by atoms with Gasteiger partial charge >= 0.3 is 5.97 Å². The molecule has 0 saturated heterocycles. The molecule has 0 bridgehead atoms. The lowest BCUT2D eigenvalue weighted by Gasteiger charge is -2.07. The van der Waals surface area contributed by atoms with Gasteiger partial charge in [-0.3, -0.25) is 4.79 Å². The molecule has 0 atom stereocenters. The van der Waals surface area contributed by atoms with E-state index in [0.29, 0.717) is 16.9 Å². The van der Waals surface area contributed by atoms with E-state index in [9.17, 15) is 14.7 Å². The van der Waals surface area contributed by atoms with E-state index in [-0.39, 0.29) is 11.3 Å². The topological polar surface area (TPSA) is 88.0 Å². The van der Waals surface area contributed by atoms with Gasteiger partial charge in [-0.15, -0.1) is 0 Å². The van der Waals surface area contributed by atoms with Crippen LogP contribution in [0.1, 0.15) is 26.3 Å². The summed E-state index contributed by atoms with van der Waals surface area (Å²) in [6.07, 6.45) is 1.45. The highest BCUT2D eigenvalue weighted by Crippen LogP contribution is 2.21. The van der Waals surface area contributed by atoms with Crippen LogP contribution in [-0.2, 0) is 0 Å². The number of carbonyl (C=O) groups excluding carboxylic acids is 2. The van der Waals surface area contributed by atoms with Crippen LogP contribution in [-0.4, -0.2) is 23.2 Å². The van der Waals surface area contributed by atoms with Crippen LogP contribution in [0.4, 0.5) is 0 Å². The standard InChI is InChI=1S/C25H18N2O4/c28-23-11-4-3-9-22(23)24(29)27-26-16-17-12-14-19(15-13-17)31-25(30)21-10-5-7-18-6-1-2-8-20(18)21/h1-16,28H,(H,27,29). The van der Waals surface area contributed by atoms with Crippen molar-refractivity contribution in [1.29, 1.82) is 0 Å². The first-order valence-electron chi connectivity index (χ1n) is 9.53. The lowest BCUT2D eigenvalue weighted by atomic mass is 10.0. The summed E-state index contributed by atoms with van der Waals surface area (Å²) in [5, 5.41) is 15.4. The van der Waals surface area contributed by atoms with Crippen molar-refractivity contribution in [3.63, 3.8) is 0 Å². The molecule has 0 saturated carbocycles. The van der Waals surface area contributed by atoms with Crippen molar-refractivity contribution >= 4 is 28.9 Å². The zero-order chi connectivity index (χ0) is 21.6. The van der Waals surface area contributed by atoms with Gasteiger partial charge in [-0.1, -0.05) is 48.5 Å². The third kappa shape index (κ3) is 4.59. The van der Waals surface area contributed by atoms with Crippen molar-refractivity contribution in [2.45, 2.75) is 0 Å². The minimum absolute atomic E-state index is 0.118. The lowest BCUT2D eigenvalue weighted by molar-refractivity contribution is 0.0736. The highest BCUT2D eigenvalue weighted by atomic mass is 16.5. The molecular formula is C25H18N2O4. The van der Waals surface area contributed by atoms with Gasteiger partial charge in [-0.05, 0) is 58.8 Å². The molecule has 152 valence electrons. The van der Waals surface area contributed by atoms with Crippen molar-refractivity contribution in [2.24, 2.45) is 5.10 Å². The molecule has 0 spiro atoms. The van der Waals surface area contributed by atoms with Gasteiger partial charge in [0.2, 0.25) is 0 Å². The predicted octanol–water partition coefficient (Wildman–Crippen LogP) is 4.53. The van der Waals surface area contributed by atoms with E-state index in [1.54, 1.807) is 42.5 Å². The Hall–Kier alpha value is -4.45. The number of hydrogen-bond acceptors (Lipinski definition) is 5. The molecular weight excluding hydrogens is 392 g/mol. The molecule has 31 heavy (non-hydrogen) atoms. The molecule has 0 radical (unpaired) electrons. The summed E-state index contributed by atoms with van der Waals surface area (Å²) >= 11 is 0. The number of nitrogens with one attached hydrogen (secondary N) is 1. The third-order valence-corrected chi connectivity index (χ3v) is 4.63. The molecule has 2 N–H and O–H groups in total. The Bertz CT molecular complexity index is 1270. The second kappa shape index (κ2) is 8.92. The number of amides is 1. The molecule has 6 heteroatoms. The number of aromatic hydroxyl groups is 1. The van der Waals surface area contributed by atoms with Crippen molar-refractivity contribution in [3.05, 3.63) is 108 Å². The molecule has 4 rings (SSSR count). The van der Waals surface area contributed by atoms with E-state index in [1.165, 1.54) is 18.3 Å². The van der Waals surface area contributed by atoms with E-state index in [0.717, 1.165) is 10.8 Å². The van der Waals surface area contributed by atoms with Gasteiger partial charge in [-0.2, -0.15) is 5.10 Å². The van der Waals surface area contributed by atoms with Gasteiger partial charge < -0.3 is 9.84 Å². The summed E-state index contributed by atoms with van der Waals surface area (Å²) in [4.78, 5) is 24.6. The molecule has 6 nitrogen and oxygen atoms in total. The average molecular weight is 410 g/mol. The van der Waals surface area contributed by atoms with Crippen LogP contribution in [0.5, 0.6) is 11.5 Å². The van der Waals surface area contributed by atoms with Gasteiger partial charge in [-0.25, -0.2) is 10.2 Å². The number of fused-ring (bicyclic) bond motifs is 1. The first-order valence-corrected chi connectivity index (χ1v) is 9.53. The Morgan fingerprint density at radius 3 is 2.29 bits per heavy atom. The second-order valence-electron chi connectivity index (χ2n) is 6.70. The number of carbonyl (C=O) groups is 2. The first kappa shape index (κ1) is 19.8. The zero-order valence-corrected chi connectivity index (χ0v) is 16.4. The number of ether oxygens (including phenoxy) is 1. The third-order valence-electron chi connectivity index (χ3n) is 4.63. The van der Waals surface area contributed by atoms with E-state index in [2.05, 4.69) is 10.5 Å². The van der Waals surface area contributed by atoms with Crippen molar-refractivity contribution in [3.8, 4) is 11.5 Å². The maximum Gasteiger partial charge on any atom is 0.344 e. The Balaban J connectivity index is 1.40. The summed E-state index contributed by atoms with van der Waals surface area (Å²) in [6, 6.07) is 26.0. The van der Waals surface area contributed by atoms with E-state index < -0.39 is 11.9 Å². The SMILES string of the molecule is O=C(NN=Cc1ccc(OC(=O)c2cccc3ccccc23)cc1)c1ccccc1O. The van der Waals surface area contributed by atoms with Gasteiger partial charge in [0.25, 0.3) is 5.91 Å². The van der Waals surface area contributed by atoms with Gasteiger partial charge in [0.05, 0.1) is 17.3 Å². The highest BCUT2D eigenvalue weighted by molar-refractivity contribution is 6.05. The maximum absolute atomic E-state index is 12.6. The van der Waals surface area contributed by atoms with Crippen LogP contribution in [0.15, 0.2) is 96.1 Å². The van der Waals surface area contributed by atoms with Crippen molar-refractivity contribution in [1.82, 2.24) is 5.43 Å². The fourth-order valence-electron chi connectivity index (χ4n) is 3.08.